The summed E-state index contributed by atoms with van der Waals surface area (Å²) in [5, 5.41) is 4.72. The lowest BCUT2D eigenvalue weighted by molar-refractivity contribution is -0.274. The number of hydrogen-bond acceptors (Lipinski definition) is 4. The van der Waals surface area contributed by atoms with Crippen LogP contribution in [0.4, 0.5) is 18.9 Å². The number of rotatable bonds is 4. The first-order valence-electron chi connectivity index (χ1n) is 6.90. The number of anilines is 1. The lowest BCUT2D eigenvalue weighted by Gasteiger charge is -2.11. The van der Waals surface area contributed by atoms with E-state index in [-0.39, 0.29) is 18.3 Å². The first-order valence-corrected chi connectivity index (χ1v) is 6.90. The Labute approximate surface area is 129 Å². The SMILES string of the molecule is O=C(NCC1CCCO1)C(=O)Nc1ccc(OC(F)(F)F)cc1. The van der Waals surface area contributed by atoms with E-state index in [4.69, 9.17) is 4.74 Å². The third-order valence-corrected chi connectivity index (χ3v) is 3.07. The van der Waals surface area contributed by atoms with Crippen molar-refractivity contribution in [3.05, 3.63) is 24.3 Å². The van der Waals surface area contributed by atoms with Gasteiger partial charge < -0.3 is 20.1 Å². The highest BCUT2D eigenvalue weighted by atomic mass is 19.4. The maximum absolute atomic E-state index is 12.0. The number of halogens is 3. The molecule has 0 saturated carbocycles. The van der Waals surface area contributed by atoms with Gasteiger partial charge in [0.2, 0.25) is 0 Å². The molecule has 1 fully saturated rings. The van der Waals surface area contributed by atoms with E-state index in [1.165, 1.54) is 12.1 Å². The average molecular weight is 332 g/mol. The van der Waals surface area contributed by atoms with Crippen LogP contribution < -0.4 is 15.4 Å². The van der Waals surface area contributed by atoms with Gasteiger partial charge in [0.15, 0.2) is 0 Å². The highest BCUT2D eigenvalue weighted by molar-refractivity contribution is 6.39. The monoisotopic (exact) mass is 332 g/mol. The normalized spacial score (nSPS) is 17.6. The van der Waals surface area contributed by atoms with Crippen LogP contribution in [0.15, 0.2) is 24.3 Å². The van der Waals surface area contributed by atoms with Crippen molar-refractivity contribution >= 4 is 17.5 Å². The third kappa shape index (κ3) is 5.78. The molecule has 0 radical (unpaired) electrons. The smallest absolute Gasteiger partial charge is 0.406 e. The summed E-state index contributed by atoms with van der Waals surface area (Å²) in [5.74, 6) is -2.16. The van der Waals surface area contributed by atoms with Gasteiger partial charge in [-0.15, -0.1) is 13.2 Å². The Bertz CT molecular complexity index is 554. The molecule has 1 atom stereocenters. The van der Waals surface area contributed by atoms with Gasteiger partial charge in [-0.05, 0) is 37.1 Å². The van der Waals surface area contributed by atoms with Crippen molar-refractivity contribution in [2.24, 2.45) is 0 Å². The molecule has 1 aromatic carbocycles. The van der Waals surface area contributed by atoms with Crippen molar-refractivity contribution in [1.29, 1.82) is 0 Å². The molecule has 1 heterocycles. The zero-order valence-corrected chi connectivity index (χ0v) is 12.0. The Morgan fingerprint density at radius 3 is 2.48 bits per heavy atom. The molecule has 1 aliphatic rings. The van der Waals surface area contributed by atoms with E-state index >= 15 is 0 Å². The highest BCUT2D eigenvalue weighted by Crippen LogP contribution is 2.23. The van der Waals surface area contributed by atoms with E-state index in [1.54, 1.807) is 0 Å². The molecule has 1 aliphatic heterocycles. The number of amides is 2. The van der Waals surface area contributed by atoms with Crippen molar-refractivity contribution in [3.63, 3.8) is 0 Å². The summed E-state index contributed by atoms with van der Waals surface area (Å²) in [6.45, 7) is 0.879. The minimum atomic E-state index is -4.78. The molecule has 126 valence electrons. The molecule has 0 bridgehead atoms. The van der Waals surface area contributed by atoms with Crippen LogP contribution in [0, 0.1) is 0 Å². The van der Waals surface area contributed by atoms with Crippen LogP contribution in [0.3, 0.4) is 0 Å². The number of hydrogen-bond donors (Lipinski definition) is 2. The van der Waals surface area contributed by atoms with Crippen molar-refractivity contribution in [2.45, 2.75) is 25.3 Å². The molecule has 6 nitrogen and oxygen atoms in total. The van der Waals surface area contributed by atoms with Gasteiger partial charge in [-0.3, -0.25) is 9.59 Å². The molecule has 23 heavy (non-hydrogen) atoms. The van der Waals surface area contributed by atoms with E-state index in [1.807, 2.05) is 0 Å². The second-order valence-corrected chi connectivity index (χ2v) is 4.87. The van der Waals surface area contributed by atoms with E-state index in [9.17, 15) is 22.8 Å². The van der Waals surface area contributed by atoms with Gasteiger partial charge in [0, 0.05) is 18.8 Å². The van der Waals surface area contributed by atoms with Crippen molar-refractivity contribution in [2.75, 3.05) is 18.5 Å². The standard InChI is InChI=1S/C14H15F3N2O4/c15-14(16,17)23-10-5-3-9(4-6-10)19-13(21)12(20)18-8-11-2-1-7-22-11/h3-6,11H,1-2,7-8H2,(H,18,20)(H,19,21). The van der Waals surface area contributed by atoms with E-state index in [2.05, 4.69) is 15.4 Å². The molecule has 2 rings (SSSR count). The van der Waals surface area contributed by atoms with Crippen LogP contribution in [0.1, 0.15) is 12.8 Å². The van der Waals surface area contributed by atoms with Crippen molar-refractivity contribution in [3.8, 4) is 5.75 Å². The van der Waals surface area contributed by atoms with E-state index < -0.39 is 23.9 Å². The predicted octanol–water partition coefficient (Wildman–Crippen LogP) is 1.82. The van der Waals surface area contributed by atoms with Crippen molar-refractivity contribution < 1.29 is 32.2 Å². The Morgan fingerprint density at radius 1 is 1.22 bits per heavy atom. The van der Waals surface area contributed by atoms with E-state index in [0.29, 0.717) is 6.61 Å². The molecule has 1 unspecified atom stereocenters. The van der Waals surface area contributed by atoms with Crippen LogP contribution >= 0.6 is 0 Å². The molecule has 2 N–H and O–H groups in total. The average Bonchev–Trinajstić information content (AvgIpc) is 2.98. The van der Waals surface area contributed by atoms with Crippen LogP contribution in [0.5, 0.6) is 5.75 Å². The highest BCUT2D eigenvalue weighted by Gasteiger charge is 2.31. The summed E-state index contributed by atoms with van der Waals surface area (Å²) in [4.78, 5) is 23.3. The fourth-order valence-corrected chi connectivity index (χ4v) is 2.02. The quantitative estimate of drug-likeness (QED) is 0.825. The number of carbonyl (C=O) groups excluding carboxylic acids is 2. The maximum atomic E-state index is 12.0. The Kier molecular flexibility index (Phi) is 5.43. The number of benzene rings is 1. The fraction of sp³-hybridized carbons (Fsp3) is 0.429. The first-order chi connectivity index (χ1) is 10.8. The largest absolute Gasteiger partial charge is 0.573 e. The number of carbonyl (C=O) groups is 2. The third-order valence-electron chi connectivity index (χ3n) is 3.07. The van der Waals surface area contributed by atoms with Gasteiger partial charge >= 0.3 is 18.2 Å². The van der Waals surface area contributed by atoms with Crippen LogP contribution in [0.2, 0.25) is 0 Å². The molecule has 2 amide bonds. The lowest BCUT2D eigenvalue weighted by atomic mass is 10.2. The molecular formula is C14H15F3N2O4. The van der Waals surface area contributed by atoms with Gasteiger partial charge in [-0.25, -0.2) is 0 Å². The Hall–Kier alpha value is -2.29. The summed E-state index contributed by atoms with van der Waals surface area (Å²) in [5.41, 5.74) is 0.178. The molecule has 0 aliphatic carbocycles. The van der Waals surface area contributed by atoms with Gasteiger partial charge in [0.25, 0.3) is 0 Å². The minimum absolute atomic E-state index is 0.0921. The lowest BCUT2D eigenvalue weighted by Crippen LogP contribution is -2.39. The summed E-state index contributed by atoms with van der Waals surface area (Å²) >= 11 is 0. The van der Waals surface area contributed by atoms with Gasteiger partial charge in [-0.1, -0.05) is 0 Å². The summed E-state index contributed by atoms with van der Waals surface area (Å²) in [7, 11) is 0. The van der Waals surface area contributed by atoms with Crippen LogP contribution in [-0.4, -0.2) is 37.4 Å². The summed E-state index contributed by atoms with van der Waals surface area (Å²) < 4.78 is 45.0. The molecular weight excluding hydrogens is 317 g/mol. The number of alkyl halides is 3. The number of ether oxygens (including phenoxy) is 2. The van der Waals surface area contributed by atoms with Gasteiger partial charge in [-0.2, -0.15) is 0 Å². The predicted molar refractivity (Wildman–Crippen MR) is 73.7 cm³/mol. The second kappa shape index (κ2) is 7.32. The van der Waals surface area contributed by atoms with Crippen LogP contribution in [-0.2, 0) is 14.3 Å². The topological polar surface area (TPSA) is 76.7 Å². The van der Waals surface area contributed by atoms with E-state index in [0.717, 1.165) is 25.0 Å². The van der Waals surface area contributed by atoms with Crippen LogP contribution in [0.25, 0.3) is 0 Å². The summed E-state index contributed by atoms with van der Waals surface area (Å²) in [6, 6.07) is 4.47. The molecule has 0 spiro atoms. The zero-order chi connectivity index (χ0) is 16.9. The zero-order valence-electron chi connectivity index (χ0n) is 12.0. The molecule has 0 aromatic heterocycles. The Morgan fingerprint density at radius 2 is 1.91 bits per heavy atom. The summed E-state index contributed by atoms with van der Waals surface area (Å²) in [6.07, 6.45) is -3.14. The molecule has 1 aromatic rings. The minimum Gasteiger partial charge on any atom is -0.406 e. The Balaban J connectivity index is 1.80. The fourth-order valence-electron chi connectivity index (χ4n) is 2.02. The van der Waals surface area contributed by atoms with Crippen molar-refractivity contribution in [1.82, 2.24) is 5.32 Å². The second-order valence-electron chi connectivity index (χ2n) is 4.87. The van der Waals surface area contributed by atoms with Gasteiger partial charge in [0.1, 0.15) is 5.75 Å². The molecule has 9 heteroatoms. The number of nitrogens with one attached hydrogen (secondary N) is 2. The first kappa shape index (κ1) is 17.1. The maximum Gasteiger partial charge on any atom is 0.573 e. The molecule has 1 saturated heterocycles. The van der Waals surface area contributed by atoms with Gasteiger partial charge in [0.05, 0.1) is 6.10 Å².